The molecule has 0 saturated carbocycles. The second kappa shape index (κ2) is 13.4. The predicted molar refractivity (Wildman–Crippen MR) is 229 cm³/mol. The number of unbranched alkanes of at least 4 members (excludes halogenated alkanes) is 1. The quantitative estimate of drug-likeness (QED) is 0.152. The van der Waals surface area contributed by atoms with Crippen LogP contribution in [0.1, 0.15) is 180 Å². The lowest BCUT2D eigenvalue weighted by molar-refractivity contribution is -0.768. The number of benzene rings is 2. The molecule has 3 heterocycles. The molecule has 2 aromatic carbocycles. The zero-order valence-electron chi connectivity index (χ0n) is 36.5. The maximum Gasteiger partial charge on any atom is 0.213 e. The fraction of sp³-hybridized carbons (Fsp3) is 0.577. The third kappa shape index (κ3) is 6.03. The van der Waals surface area contributed by atoms with Gasteiger partial charge in [0.15, 0.2) is 17.9 Å². The summed E-state index contributed by atoms with van der Waals surface area (Å²) < 4.78 is 5.39. The van der Waals surface area contributed by atoms with Gasteiger partial charge >= 0.3 is 0 Å². The van der Waals surface area contributed by atoms with Gasteiger partial charge in [0.2, 0.25) is 11.4 Å². The molecule has 2 aliphatic carbocycles. The van der Waals surface area contributed by atoms with Gasteiger partial charge in [-0.3, -0.25) is 0 Å². The molecule has 2 heteroatoms. The van der Waals surface area contributed by atoms with Gasteiger partial charge in [-0.1, -0.05) is 101 Å². The average molecular weight is 725 g/mol. The van der Waals surface area contributed by atoms with Crippen LogP contribution in [0.5, 0.6) is 0 Å². The van der Waals surface area contributed by atoms with Crippen molar-refractivity contribution >= 4 is 0 Å². The molecule has 2 aromatic heterocycles. The number of hydrogen-bond donors (Lipinski definition) is 0. The highest BCUT2D eigenvalue weighted by atomic mass is 15.1. The molecule has 0 bridgehead atoms. The van der Waals surface area contributed by atoms with E-state index in [2.05, 4.69) is 166 Å². The lowest BCUT2D eigenvalue weighted by Gasteiger charge is -2.48. The van der Waals surface area contributed by atoms with Crippen LogP contribution in [-0.2, 0) is 45.6 Å². The van der Waals surface area contributed by atoms with Crippen molar-refractivity contribution in [3.05, 3.63) is 106 Å². The van der Waals surface area contributed by atoms with E-state index in [0.29, 0.717) is 0 Å². The SMILES string of the molecule is CCCCc1ccc2c(c1)C(CC)(CC[n+]1cc3c(cc1-c1cc4c(cc1C)C(C)(C)CCC4(C)C)C(C)(C)CCC3(C)C)C(C)(CC)[n+]1ccccc1-2. The van der Waals surface area contributed by atoms with Gasteiger partial charge in [0, 0.05) is 49.1 Å². The lowest BCUT2D eigenvalue weighted by atomic mass is 9.57. The Morgan fingerprint density at radius 1 is 0.593 bits per heavy atom. The summed E-state index contributed by atoms with van der Waals surface area (Å²) in [7, 11) is 0. The lowest BCUT2D eigenvalue weighted by Crippen LogP contribution is -2.69. The molecule has 3 aliphatic rings. The highest BCUT2D eigenvalue weighted by Crippen LogP contribution is 2.53. The number of nitrogens with zero attached hydrogens (tertiary/aromatic N) is 2. The minimum absolute atomic E-state index is 0.0375. The summed E-state index contributed by atoms with van der Waals surface area (Å²) in [6.45, 7) is 33.0. The summed E-state index contributed by atoms with van der Waals surface area (Å²) in [6.07, 6.45) is 16.8. The molecule has 54 heavy (non-hydrogen) atoms. The number of aromatic nitrogens is 2. The second-order valence-corrected chi connectivity index (χ2v) is 20.7. The molecule has 288 valence electrons. The molecular formula is C52H72N2+2. The summed E-state index contributed by atoms with van der Waals surface area (Å²) in [5.74, 6) is 0. The van der Waals surface area contributed by atoms with Crippen LogP contribution in [0.2, 0.25) is 0 Å². The Hall–Kier alpha value is -3.26. The van der Waals surface area contributed by atoms with Crippen molar-refractivity contribution in [3.8, 4) is 22.5 Å². The monoisotopic (exact) mass is 725 g/mol. The Labute approximate surface area is 329 Å². The second-order valence-electron chi connectivity index (χ2n) is 20.7. The molecule has 0 radical (unpaired) electrons. The van der Waals surface area contributed by atoms with Crippen molar-refractivity contribution in [2.24, 2.45) is 0 Å². The Bertz CT molecular complexity index is 2070. The third-order valence-electron chi connectivity index (χ3n) is 15.7. The summed E-state index contributed by atoms with van der Waals surface area (Å²) in [5, 5.41) is 0. The van der Waals surface area contributed by atoms with E-state index in [4.69, 9.17) is 0 Å². The summed E-state index contributed by atoms with van der Waals surface area (Å²) in [4.78, 5) is 0. The van der Waals surface area contributed by atoms with Gasteiger partial charge in [-0.15, -0.1) is 0 Å². The first kappa shape index (κ1) is 39.0. The van der Waals surface area contributed by atoms with Crippen LogP contribution in [0, 0.1) is 6.92 Å². The number of fused-ring (bicyclic) bond motifs is 5. The maximum atomic E-state index is 2.73. The largest absolute Gasteiger partial charge is 0.213 e. The zero-order chi connectivity index (χ0) is 39.1. The fourth-order valence-corrected chi connectivity index (χ4v) is 11.3. The van der Waals surface area contributed by atoms with E-state index in [1.54, 1.807) is 27.8 Å². The minimum atomic E-state index is -0.0672. The molecule has 1 aliphatic heterocycles. The van der Waals surface area contributed by atoms with Crippen molar-refractivity contribution in [2.75, 3.05) is 0 Å². The van der Waals surface area contributed by atoms with Crippen LogP contribution in [0.4, 0.5) is 0 Å². The molecule has 0 fully saturated rings. The van der Waals surface area contributed by atoms with Crippen LogP contribution < -0.4 is 9.13 Å². The molecule has 4 aromatic rings. The predicted octanol–water partition coefficient (Wildman–Crippen LogP) is 12.8. The summed E-state index contributed by atoms with van der Waals surface area (Å²) in [5.41, 5.74) is 16.9. The van der Waals surface area contributed by atoms with Crippen molar-refractivity contribution in [2.45, 2.75) is 193 Å². The number of aryl methyl sites for hydroxylation is 3. The first-order chi connectivity index (χ1) is 25.4. The zero-order valence-corrected chi connectivity index (χ0v) is 36.5. The van der Waals surface area contributed by atoms with Gasteiger partial charge in [-0.25, -0.2) is 0 Å². The van der Waals surface area contributed by atoms with Crippen LogP contribution >= 0.6 is 0 Å². The molecule has 0 amide bonds. The standard InChI is InChI=1S/C52H72N2/c1-14-17-20-37-22-23-38-40(32-37)52(16-3,51(13,15-2)54-29-19-18-21-45(38)54)28-30-53-35-44-43(49(9,10)26-27-50(44,11)12)34-46(53)39-33-42-41(31-36(39)4)47(5,6)24-25-48(42,7)8/h18-19,21-23,29,31-35H,14-17,20,24-28,30H2,1-13H3/q+2. The molecule has 0 saturated heterocycles. The highest BCUT2D eigenvalue weighted by Gasteiger charge is 2.59. The van der Waals surface area contributed by atoms with Crippen LogP contribution in [0.3, 0.4) is 0 Å². The van der Waals surface area contributed by atoms with Crippen LogP contribution in [-0.4, -0.2) is 0 Å². The Kier molecular flexibility index (Phi) is 9.71. The van der Waals surface area contributed by atoms with E-state index in [1.807, 2.05) is 0 Å². The van der Waals surface area contributed by atoms with E-state index in [-0.39, 0.29) is 32.6 Å². The number of pyridine rings is 2. The minimum Gasteiger partial charge on any atom is -0.198 e. The topological polar surface area (TPSA) is 7.76 Å². The molecule has 7 rings (SSSR count). The average Bonchev–Trinajstić information content (AvgIpc) is 3.14. The van der Waals surface area contributed by atoms with Crippen molar-refractivity contribution in [1.82, 2.24) is 0 Å². The Morgan fingerprint density at radius 2 is 1.20 bits per heavy atom. The number of rotatable bonds is 9. The first-order valence-electron chi connectivity index (χ1n) is 21.8. The Morgan fingerprint density at radius 3 is 1.81 bits per heavy atom. The van der Waals surface area contributed by atoms with Gasteiger partial charge in [0.25, 0.3) is 0 Å². The Balaban J connectivity index is 1.45. The van der Waals surface area contributed by atoms with Gasteiger partial charge in [0.1, 0.15) is 6.54 Å². The van der Waals surface area contributed by atoms with Crippen molar-refractivity contribution in [3.63, 3.8) is 0 Å². The van der Waals surface area contributed by atoms with E-state index in [9.17, 15) is 0 Å². The molecule has 2 nitrogen and oxygen atoms in total. The molecule has 2 unspecified atom stereocenters. The summed E-state index contributed by atoms with van der Waals surface area (Å²) in [6, 6.07) is 22.2. The molecular weight excluding hydrogens is 653 g/mol. The van der Waals surface area contributed by atoms with Gasteiger partial charge in [-0.2, -0.15) is 9.13 Å². The van der Waals surface area contributed by atoms with Crippen LogP contribution in [0.15, 0.2) is 67.0 Å². The van der Waals surface area contributed by atoms with Gasteiger partial charge in [-0.05, 0) is 125 Å². The normalized spacial score (nSPS) is 24.2. The van der Waals surface area contributed by atoms with E-state index in [0.717, 1.165) is 32.2 Å². The van der Waals surface area contributed by atoms with Gasteiger partial charge < -0.3 is 0 Å². The molecule has 2 atom stereocenters. The maximum absolute atomic E-state index is 2.73. The van der Waals surface area contributed by atoms with E-state index < -0.39 is 0 Å². The highest BCUT2D eigenvalue weighted by molar-refractivity contribution is 5.68. The fourth-order valence-electron chi connectivity index (χ4n) is 11.3. The molecule has 0 spiro atoms. The van der Waals surface area contributed by atoms with Crippen molar-refractivity contribution in [1.29, 1.82) is 0 Å². The smallest absolute Gasteiger partial charge is 0.198 e. The summed E-state index contributed by atoms with van der Waals surface area (Å²) >= 11 is 0. The van der Waals surface area contributed by atoms with E-state index >= 15 is 0 Å². The van der Waals surface area contributed by atoms with E-state index in [1.165, 1.54) is 72.2 Å². The third-order valence-corrected chi connectivity index (χ3v) is 15.7. The van der Waals surface area contributed by atoms with Crippen LogP contribution in [0.25, 0.3) is 22.5 Å². The first-order valence-corrected chi connectivity index (χ1v) is 21.8. The van der Waals surface area contributed by atoms with Gasteiger partial charge in [0.05, 0.1) is 11.0 Å². The molecule has 0 N–H and O–H groups in total. The van der Waals surface area contributed by atoms with Crippen molar-refractivity contribution < 1.29 is 9.13 Å². The number of hydrogen-bond acceptors (Lipinski definition) is 0.